The molecule has 0 saturated carbocycles. The summed E-state index contributed by atoms with van der Waals surface area (Å²) in [6.07, 6.45) is 3.35. The second-order valence-corrected chi connectivity index (χ2v) is 8.39. The molecule has 2 aliphatic heterocycles. The van der Waals surface area contributed by atoms with Crippen LogP contribution < -0.4 is 5.32 Å². The fourth-order valence-electron chi connectivity index (χ4n) is 2.97. The number of hydroxylamine groups is 4. The van der Waals surface area contributed by atoms with Gasteiger partial charge < -0.3 is 10.2 Å². The van der Waals surface area contributed by atoms with E-state index in [9.17, 15) is 28.8 Å². The summed E-state index contributed by atoms with van der Waals surface area (Å²) < 4.78 is 0. The highest BCUT2D eigenvalue weighted by molar-refractivity contribution is 6.13. The van der Waals surface area contributed by atoms with Gasteiger partial charge in [0.15, 0.2) is 0 Å². The number of hydrogen-bond donors (Lipinski definition) is 1. The predicted molar refractivity (Wildman–Crippen MR) is 112 cm³/mol. The third-order valence-electron chi connectivity index (χ3n) is 5.21. The van der Waals surface area contributed by atoms with Gasteiger partial charge in [-0.2, -0.15) is 5.06 Å². The van der Waals surface area contributed by atoms with Crippen LogP contribution in [0.25, 0.3) is 0 Å². The van der Waals surface area contributed by atoms with Crippen LogP contribution in [0.15, 0.2) is 12.2 Å². The Hall–Kier alpha value is -3.12. The Kier molecular flexibility index (Phi) is 9.23. The first kappa shape index (κ1) is 26.1. The van der Waals surface area contributed by atoms with Crippen molar-refractivity contribution in [3.63, 3.8) is 0 Å². The average Bonchev–Trinajstić information content (AvgIpc) is 3.24. The maximum atomic E-state index is 12.3. The van der Waals surface area contributed by atoms with Gasteiger partial charge in [0.2, 0.25) is 5.91 Å². The summed E-state index contributed by atoms with van der Waals surface area (Å²) in [5.41, 5.74) is -0.967. The lowest BCUT2D eigenvalue weighted by molar-refractivity contribution is -0.206. The van der Waals surface area contributed by atoms with E-state index in [4.69, 9.17) is 9.68 Å². The molecule has 0 aliphatic carbocycles. The van der Waals surface area contributed by atoms with Crippen molar-refractivity contribution in [1.29, 1.82) is 0 Å². The Balaban J connectivity index is 1.56. The number of nitrogens with one attached hydrogen (secondary N) is 1. The van der Waals surface area contributed by atoms with Crippen molar-refractivity contribution >= 4 is 35.5 Å². The highest BCUT2D eigenvalue weighted by Crippen LogP contribution is 2.24. The fraction of sp³-hybridized carbons (Fsp3) is 0.619. The summed E-state index contributed by atoms with van der Waals surface area (Å²) in [4.78, 5) is 81.7. The quantitative estimate of drug-likeness (QED) is 0.220. The topological polar surface area (TPSA) is 143 Å². The third-order valence-corrected chi connectivity index (χ3v) is 5.21. The molecular formula is C21H30N4O8. The molecule has 0 spiro atoms. The molecule has 12 nitrogen and oxygen atoms in total. The van der Waals surface area contributed by atoms with E-state index in [0.717, 1.165) is 4.90 Å². The SMILES string of the molecule is CN(CCCNC(=O)CCN1C(=O)C=CC1=O)OCCC(C)(C)C(=O)ON1C(=O)CCC1=O. The summed E-state index contributed by atoms with van der Waals surface area (Å²) in [7, 11) is 1.71. The van der Waals surface area contributed by atoms with Gasteiger partial charge in [0, 0.05) is 58.1 Å². The molecule has 0 bridgehead atoms. The van der Waals surface area contributed by atoms with Crippen LogP contribution in [0.4, 0.5) is 0 Å². The Labute approximate surface area is 191 Å². The van der Waals surface area contributed by atoms with Crippen molar-refractivity contribution < 1.29 is 38.4 Å². The Morgan fingerprint density at radius 3 is 2.30 bits per heavy atom. The highest BCUT2D eigenvalue weighted by atomic mass is 16.7. The van der Waals surface area contributed by atoms with Crippen LogP contribution in [-0.4, -0.2) is 83.8 Å². The van der Waals surface area contributed by atoms with Gasteiger partial charge in [-0.05, 0) is 26.7 Å². The molecule has 0 aromatic carbocycles. The summed E-state index contributed by atoms with van der Waals surface area (Å²) in [5.74, 6) is -2.83. The lowest BCUT2D eigenvalue weighted by atomic mass is 9.90. The zero-order valence-corrected chi connectivity index (χ0v) is 19.1. The van der Waals surface area contributed by atoms with Crippen LogP contribution >= 0.6 is 0 Å². The van der Waals surface area contributed by atoms with E-state index >= 15 is 0 Å². The van der Waals surface area contributed by atoms with Crippen LogP contribution in [0.1, 0.15) is 46.0 Å². The normalized spacial score (nSPS) is 16.4. The number of hydrogen-bond acceptors (Lipinski definition) is 9. The molecule has 1 fully saturated rings. The van der Waals surface area contributed by atoms with Crippen LogP contribution in [0.2, 0.25) is 0 Å². The van der Waals surface area contributed by atoms with E-state index < -0.39 is 35.0 Å². The summed E-state index contributed by atoms with van der Waals surface area (Å²) in [5, 5.41) is 4.83. The first-order valence-electron chi connectivity index (χ1n) is 10.7. The van der Waals surface area contributed by atoms with Crippen molar-refractivity contribution in [2.75, 3.05) is 33.3 Å². The summed E-state index contributed by atoms with van der Waals surface area (Å²) in [6, 6.07) is 0. The van der Waals surface area contributed by atoms with Gasteiger partial charge in [0.1, 0.15) is 0 Å². The minimum atomic E-state index is -0.967. The number of imide groups is 2. The van der Waals surface area contributed by atoms with E-state index in [1.165, 1.54) is 12.2 Å². The van der Waals surface area contributed by atoms with E-state index in [2.05, 4.69) is 5.32 Å². The first-order chi connectivity index (χ1) is 15.5. The molecule has 0 aromatic heterocycles. The molecule has 0 aromatic rings. The molecule has 2 heterocycles. The Bertz CT molecular complexity index is 804. The maximum Gasteiger partial charge on any atom is 0.338 e. The molecule has 182 valence electrons. The standard InChI is InChI=1S/C21H30N4O8/c1-21(2,20(31)33-25-18(29)7-8-19(25)30)10-14-32-23(3)12-4-11-22-15(26)9-13-24-16(27)5-6-17(24)28/h5-6H,4,7-14H2,1-3H3,(H,22,26). The van der Waals surface area contributed by atoms with E-state index in [0.29, 0.717) is 31.0 Å². The van der Waals surface area contributed by atoms with Crippen LogP contribution in [0.5, 0.6) is 0 Å². The number of carbonyl (C=O) groups is 6. The zero-order chi connectivity index (χ0) is 24.6. The van der Waals surface area contributed by atoms with Crippen molar-refractivity contribution in [3.05, 3.63) is 12.2 Å². The van der Waals surface area contributed by atoms with E-state index in [-0.39, 0.29) is 38.3 Å². The van der Waals surface area contributed by atoms with Gasteiger partial charge in [-0.3, -0.25) is 33.7 Å². The van der Waals surface area contributed by atoms with Gasteiger partial charge in [0.25, 0.3) is 23.6 Å². The van der Waals surface area contributed by atoms with Gasteiger partial charge in [-0.25, -0.2) is 4.79 Å². The Morgan fingerprint density at radius 2 is 1.70 bits per heavy atom. The average molecular weight is 466 g/mol. The van der Waals surface area contributed by atoms with Gasteiger partial charge in [0.05, 0.1) is 12.0 Å². The largest absolute Gasteiger partial charge is 0.356 e. The molecule has 1 N–H and O–H groups in total. The number of rotatable bonds is 13. The van der Waals surface area contributed by atoms with Gasteiger partial charge >= 0.3 is 5.97 Å². The second-order valence-electron chi connectivity index (χ2n) is 8.39. The number of nitrogens with zero attached hydrogens (tertiary/aromatic N) is 3. The van der Waals surface area contributed by atoms with E-state index in [1.807, 2.05) is 0 Å². The molecule has 1 saturated heterocycles. The van der Waals surface area contributed by atoms with Crippen molar-refractivity contribution in [1.82, 2.24) is 20.3 Å². The lowest BCUT2D eigenvalue weighted by Gasteiger charge is -2.25. The molecule has 12 heteroatoms. The maximum absolute atomic E-state index is 12.3. The van der Waals surface area contributed by atoms with Crippen LogP contribution in [-0.2, 0) is 38.4 Å². The lowest BCUT2D eigenvalue weighted by Crippen LogP contribution is -2.38. The molecule has 0 radical (unpaired) electrons. The van der Waals surface area contributed by atoms with Crippen LogP contribution in [0, 0.1) is 5.41 Å². The van der Waals surface area contributed by atoms with Crippen molar-refractivity contribution in [2.24, 2.45) is 5.41 Å². The van der Waals surface area contributed by atoms with Crippen molar-refractivity contribution in [3.8, 4) is 0 Å². The zero-order valence-electron chi connectivity index (χ0n) is 19.1. The predicted octanol–water partition coefficient (Wildman–Crippen LogP) is -0.305. The molecular weight excluding hydrogens is 436 g/mol. The van der Waals surface area contributed by atoms with Crippen LogP contribution in [0.3, 0.4) is 0 Å². The molecule has 2 aliphatic rings. The van der Waals surface area contributed by atoms with Crippen molar-refractivity contribution in [2.45, 2.75) is 46.0 Å². The Morgan fingerprint density at radius 1 is 1.09 bits per heavy atom. The molecule has 0 atom stereocenters. The second kappa shape index (κ2) is 11.7. The monoisotopic (exact) mass is 466 g/mol. The molecule has 2 rings (SSSR count). The van der Waals surface area contributed by atoms with Gasteiger partial charge in [-0.1, -0.05) is 0 Å². The molecule has 0 unspecified atom stereocenters. The minimum absolute atomic E-state index is 0.0330. The third kappa shape index (κ3) is 7.75. The summed E-state index contributed by atoms with van der Waals surface area (Å²) in [6.45, 7) is 4.42. The number of amides is 5. The molecule has 33 heavy (non-hydrogen) atoms. The highest BCUT2D eigenvalue weighted by Gasteiger charge is 2.38. The molecule has 5 amide bonds. The number of carbonyl (C=O) groups excluding carboxylic acids is 6. The minimum Gasteiger partial charge on any atom is -0.356 e. The smallest absolute Gasteiger partial charge is 0.338 e. The van der Waals surface area contributed by atoms with Gasteiger partial charge in [-0.15, -0.1) is 5.06 Å². The summed E-state index contributed by atoms with van der Waals surface area (Å²) >= 11 is 0. The fourth-order valence-corrected chi connectivity index (χ4v) is 2.97. The van der Waals surface area contributed by atoms with E-state index in [1.54, 1.807) is 26.0 Å². The first-order valence-corrected chi connectivity index (χ1v) is 10.7.